The van der Waals surface area contributed by atoms with Gasteiger partial charge in [0.25, 0.3) is 0 Å². The van der Waals surface area contributed by atoms with Gasteiger partial charge in [-0.15, -0.1) is 0 Å². The van der Waals surface area contributed by atoms with Gasteiger partial charge in [-0.2, -0.15) is 0 Å². The summed E-state index contributed by atoms with van der Waals surface area (Å²) in [4.78, 5) is 25.8. The summed E-state index contributed by atoms with van der Waals surface area (Å²) in [5.41, 5.74) is 2.57. The van der Waals surface area contributed by atoms with E-state index in [2.05, 4.69) is 12.2 Å². The molecule has 2 amide bonds. The molecule has 0 bridgehead atoms. The molecule has 0 radical (unpaired) electrons. The average molecular weight is 375 g/mol. The van der Waals surface area contributed by atoms with E-state index in [4.69, 9.17) is 16.3 Å². The maximum atomic E-state index is 12.2. The van der Waals surface area contributed by atoms with Gasteiger partial charge >= 0.3 is 0 Å². The number of carbonyl (C=O) groups excluding carboxylic acids is 2. The Hall–Kier alpha value is -2.53. The number of anilines is 2. The largest absolute Gasteiger partial charge is 0.495 e. The summed E-state index contributed by atoms with van der Waals surface area (Å²) in [5, 5.41) is 3.20. The van der Waals surface area contributed by atoms with E-state index < -0.39 is 0 Å². The van der Waals surface area contributed by atoms with Crippen LogP contribution in [0.15, 0.2) is 42.5 Å². The lowest BCUT2D eigenvalue weighted by Gasteiger charge is -2.21. The smallest absolute Gasteiger partial charge is 0.226 e. The summed E-state index contributed by atoms with van der Waals surface area (Å²) < 4.78 is 5.09. The zero-order valence-electron chi connectivity index (χ0n) is 15.2. The molecule has 0 fully saturated rings. The fraction of sp³-hybridized carbons (Fsp3) is 0.300. The number of ether oxygens (including phenoxy) is 1. The molecule has 2 aromatic carbocycles. The van der Waals surface area contributed by atoms with Crippen LogP contribution >= 0.6 is 11.6 Å². The van der Waals surface area contributed by atoms with Gasteiger partial charge in [0.2, 0.25) is 11.8 Å². The van der Waals surface area contributed by atoms with E-state index in [1.165, 1.54) is 19.6 Å². The lowest BCUT2D eigenvalue weighted by molar-refractivity contribution is -0.117. The van der Waals surface area contributed by atoms with Crippen LogP contribution in [-0.2, 0) is 16.0 Å². The Morgan fingerprint density at radius 2 is 1.85 bits per heavy atom. The topological polar surface area (TPSA) is 58.6 Å². The molecule has 0 unspecified atom stereocenters. The Morgan fingerprint density at radius 1 is 1.15 bits per heavy atom. The molecule has 0 heterocycles. The highest BCUT2D eigenvalue weighted by molar-refractivity contribution is 6.32. The molecule has 26 heavy (non-hydrogen) atoms. The van der Waals surface area contributed by atoms with Crippen molar-refractivity contribution >= 4 is 34.8 Å². The minimum Gasteiger partial charge on any atom is -0.495 e. The second kappa shape index (κ2) is 9.25. The molecule has 138 valence electrons. The Kier molecular flexibility index (Phi) is 7.04. The fourth-order valence-corrected chi connectivity index (χ4v) is 2.82. The number of carbonyl (C=O) groups is 2. The Bertz CT molecular complexity index is 775. The normalized spacial score (nSPS) is 10.3. The van der Waals surface area contributed by atoms with E-state index in [9.17, 15) is 9.59 Å². The maximum absolute atomic E-state index is 12.2. The van der Waals surface area contributed by atoms with Gasteiger partial charge in [0.15, 0.2) is 0 Å². The van der Waals surface area contributed by atoms with E-state index in [-0.39, 0.29) is 18.2 Å². The van der Waals surface area contributed by atoms with Gasteiger partial charge in [-0.25, -0.2) is 0 Å². The number of hydrogen-bond donors (Lipinski definition) is 1. The number of hydrogen-bond acceptors (Lipinski definition) is 3. The zero-order chi connectivity index (χ0) is 19.1. The molecular formula is C20H23ClN2O3. The van der Waals surface area contributed by atoms with Crippen LogP contribution in [0.5, 0.6) is 5.75 Å². The van der Waals surface area contributed by atoms with Gasteiger partial charge in [0.05, 0.1) is 12.1 Å². The highest BCUT2D eigenvalue weighted by atomic mass is 35.5. The molecule has 0 saturated carbocycles. The van der Waals surface area contributed by atoms with Crippen LogP contribution in [0.25, 0.3) is 0 Å². The van der Waals surface area contributed by atoms with Gasteiger partial charge in [0.1, 0.15) is 5.75 Å². The number of nitrogens with zero attached hydrogens (tertiary/aromatic N) is 1. The summed E-state index contributed by atoms with van der Waals surface area (Å²) in [7, 11) is 1.53. The van der Waals surface area contributed by atoms with Crippen molar-refractivity contribution in [1.82, 2.24) is 0 Å². The molecule has 0 saturated heterocycles. The summed E-state index contributed by atoms with van der Waals surface area (Å²) in [6, 6.07) is 12.8. The number of nitrogens with one attached hydrogen (secondary N) is 1. The van der Waals surface area contributed by atoms with Crippen molar-refractivity contribution in [3.8, 4) is 5.75 Å². The highest BCUT2D eigenvalue weighted by Gasteiger charge is 2.14. The van der Waals surface area contributed by atoms with E-state index >= 15 is 0 Å². The van der Waals surface area contributed by atoms with Crippen molar-refractivity contribution in [2.75, 3.05) is 23.9 Å². The Morgan fingerprint density at radius 3 is 2.38 bits per heavy atom. The van der Waals surface area contributed by atoms with E-state index in [0.717, 1.165) is 12.1 Å². The third kappa shape index (κ3) is 5.23. The monoisotopic (exact) mass is 374 g/mol. The van der Waals surface area contributed by atoms with Gasteiger partial charge < -0.3 is 15.0 Å². The summed E-state index contributed by atoms with van der Waals surface area (Å²) in [5.74, 6) is 0.250. The number of rotatable bonds is 7. The fourth-order valence-electron chi connectivity index (χ4n) is 2.56. The average Bonchev–Trinajstić information content (AvgIpc) is 2.62. The lowest BCUT2D eigenvalue weighted by Crippen LogP contribution is -2.31. The van der Waals surface area contributed by atoms with Crippen molar-refractivity contribution in [3.63, 3.8) is 0 Å². The van der Waals surface area contributed by atoms with Crippen molar-refractivity contribution < 1.29 is 14.3 Å². The lowest BCUT2D eigenvalue weighted by atomic mass is 10.1. The van der Waals surface area contributed by atoms with Crippen LogP contribution in [0.4, 0.5) is 11.4 Å². The highest BCUT2D eigenvalue weighted by Crippen LogP contribution is 2.27. The van der Waals surface area contributed by atoms with E-state index in [1.807, 2.05) is 24.3 Å². The van der Waals surface area contributed by atoms with Crippen molar-refractivity contribution in [2.24, 2.45) is 0 Å². The van der Waals surface area contributed by atoms with E-state index in [0.29, 0.717) is 23.0 Å². The Labute approximate surface area is 158 Å². The molecule has 0 spiro atoms. The minimum atomic E-state index is -0.192. The molecule has 6 heteroatoms. The van der Waals surface area contributed by atoms with Crippen molar-refractivity contribution in [1.29, 1.82) is 0 Å². The molecular weight excluding hydrogens is 352 g/mol. The zero-order valence-corrected chi connectivity index (χ0v) is 16.0. The molecule has 0 aliphatic carbocycles. The summed E-state index contributed by atoms with van der Waals surface area (Å²) in [6.45, 7) is 3.87. The Balaban J connectivity index is 1.98. The summed E-state index contributed by atoms with van der Waals surface area (Å²) in [6.07, 6.45) is 1.12. The first kappa shape index (κ1) is 19.8. The number of amides is 2. The van der Waals surface area contributed by atoms with Gasteiger partial charge in [-0.1, -0.05) is 30.7 Å². The quantitative estimate of drug-likeness (QED) is 0.786. The molecule has 5 nitrogen and oxygen atoms in total. The predicted octanol–water partition coefficient (Wildman–Crippen LogP) is 4.29. The van der Waals surface area contributed by atoms with Crippen LogP contribution in [0, 0.1) is 0 Å². The number of halogens is 1. The maximum Gasteiger partial charge on any atom is 0.226 e. The van der Waals surface area contributed by atoms with Gasteiger partial charge in [-0.05, 0) is 42.3 Å². The number of benzene rings is 2. The molecule has 1 N–H and O–H groups in total. The molecule has 0 aromatic heterocycles. The van der Waals surface area contributed by atoms with Crippen LogP contribution in [0.3, 0.4) is 0 Å². The first-order valence-corrected chi connectivity index (χ1v) is 8.82. The number of aryl methyl sites for hydroxylation is 1. The third-order valence-electron chi connectivity index (χ3n) is 4.03. The molecule has 0 atom stereocenters. The van der Waals surface area contributed by atoms with Gasteiger partial charge in [0, 0.05) is 31.3 Å². The van der Waals surface area contributed by atoms with Crippen LogP contribution in [0.1, 0.15) is 25.8 Å². The van der Waals surface area contributed by atoms with E-state index in [1.54, 1.807) is 23.1 Å². The molecule has 0 aliphatic heterocycles. The van der Waals surface area contributed by atoms with Crippen molar-refractivity contribution in [2.45, 2.75) is 26.7 Å². The molecule has 2 rings (SSSR count). The molecule has 0 aliphatic rings. The predicted molar refractivity (Wildman–Crippen MR) is 105 cm³/mol. The first-order chi connectivity index (χ1) is 12.4. The minimum absolute atomic E-state index is 0.102. The third-order valence-corrected chi connectivity index (χ3v) is 4.33. The second-order valence-electron chi connectivity index (χ2n) is 5.84. The molecule has 2 aromatic rings. The van der Waals surface area contributed by atoms with Crippen molar-refractivity contribution in [3.05, 3.63) is 53.1 Å². The summed E-state index contributed by atoms with van der Waals surface area (Å²) >= 11 is 6.06. The van der Waals surface area contributed by atoms with Gasteiger partial charge in [-0.3, -0.25) is 9.59 Å². The number of methoxy groups -OCH3 is 1. The standard InChI is InChI=1S/C20H23ClN2O3/c1-4-15-5-8-17(9-6-15)23(14(2)24)12-11-20(25)22-16-7-10-19(26-3)18(21)13-16/h5-10,13H,4,11-12H2,1-3H3,(H,22,25). The second-order valence-corrected chi connectivity index (χ2v) is 6.25. The van der Waals surface area contributed by atoms with Crippen LogP contribution in [-0.4, -0.2) is 25.5 Å². The first-order valence-electron chi connectivity index (χ1n) is 8.45. The van der Waals surface area contributed by atoms with Crippen LogP contribution < -0.4 is 15.0 Å². The van der Waals surface area contributed by atoms with Crippen LogP contribution in [0.2, 0.25) is 5.02 Å². The SMILES string of the molecule is CCc1ccc(N(CCC(=O)Nc2ccc(OC)c(Cl)c2)C(C)=O)cc1.